The number of amides is 1. The zero-order chi connectivity index (χ0) is 16.5. The Hall–Kier alpha value is -0.880. The molecular formula is C19H30NOP. The fourth-order valence-corrected chi connectivity index (χ4v) is 6.75. The van der Waals surface area contributed by atoms with Gasteiger partial charge in [0.05, 0.1) is 6.04 Å². The minimum absolute atomic E-state index is 0.0745. The molecule has 1 aromatic rings. The summed E-state index contributed by atoms with van der Waals surface area (Å²) in [6, 6.07) is 8.81. The molecule has 1 aliphatic rings. The molecule has 22 heavy (non-hydrogen) atoms. The van der Waals surface area contributed by atoms with Crippen LogP contribution in [0.25, 0.3) is 0 Å². The van der Waals surface area contributed by atoms with E-state index in [0.29, 0.717) is 0 Å². The predicted octanol–water partition coefficient (Wildman–Crippen LogP) is 4.59. The molecule has 3 heteroatoms. The fraction of sp³-hybridized carbons (Fsp3) is 0.632. The van der Waals surface area contributed by atoms with Gasteiger partial charge in [0.2, 0.25) is 5.91 Å². The summed E-state index contributed by atoms with van der Waals surface area (Å²) in [6.45, 7) is 12.8. The lowest BCUT2D eigenvalue weighted by molar-refractivity contribution is -0.129. The summed E-state index contributed by atoms with van der Waals surface area (Å²) in [4.78, 5) is 12.3. The molecule has 0 spiro atoms. The molecule has 1 saturated heterocycles. The molecule has 0 saturated carbocycles. The van der Waals surface area contributed by atoms with Crippen molar-refractivity contribution in [2.45, 2.75) is 71.7 Å². The summed E-state index contributed by atoms with van der Waals surface area (Å²) in [6.07, 6.45) is 2.67. The van der Waals surface area contributed by atoms with Gasteiger partial charge in [-0.15, -0.1) is 0 Å². The summed E-state index contributed by atoms with van der Waals surface area (Å²) >= 11 is 0. The lowest BCUT2D eigenvalue weighted by Gasteiger charge is -2.28. The average Bonchev–Trinajstić information content (AvgIpc) is 2.77. The molecule has 122 valence electrons. The number of carbonyl (C=O) groups is 1. The number of nitrogens with one attached hydrogen (secondary N) is 1. The largest absolute Gasteiger partial charge is 0.349 e. The van der Waals surface area contributed by atoms with Crippen LogP contribution < -0.4 is 10.6 Å². The second-order valence-electron chi connectivity index (χ2n) is 7.69. The molecule has 1 heterocycles. The van der Waals surface area contributed by atoms with E-state index in [1.54, 1.807) is 0 Å². The van der Waals surface area contributed by atoms with Crippen LogP contribution in [0.4, 0.5) is 0 Å². The molecule has 1 fully saturated rings. The third kappa shape index (κ3) is 3.71. The van der Waals surface area contributed by atoms with Crippen molar-refractivity contribution in [3.8, 4) is 0 Å². The highest BCUT2D eigenvalue weighted by Crippen LogP contribution is 2.55. The van der Waals surface area contributed by atoms with E-state index >= 15 is 0 Å². The molecule has 1 amide bonds. The van der Waals surface area contributed by atoms with E-state index in [0.717, 1.165) is 11.3 Å². The van der Waals surface area contributed by atoms with Crippen LogP contribution in [-0.4, -0.2) is 17.2 Å². The molecule has 2 nitrogen and oxygen atoms in total. The van der Waals surface area contributed by atoms with Crippen molar-refractivity contribution >= 4 is 19.1 Å². The number of benzene rings is 1. The van der Waals surface area contributed by atoms with Crippen LogP contribution in [0, 0.1) is 5.41 Å². The van der Waals surface area contributed by atoms with Gasteiger partial charge in [0.15, 0.2) is 0 Å². The first-order valence-corrected chi connectivity index (χ1v) is 9.88. The minimum atomic E-state index is -0.345. The van der Waals surface area contributed by atoms with Crippen molar-refractivity contribution in [2.24, 2.45) is 5.41 Å². The Kier molecular flexibility index (Phi) is 5.33. The van der Waals surface area contributed by atoms with E-state index in [2.05, 4.69) is 50.4 Å². The summed E-state index contributed by atoms with van der Waals surface area (Å²) in [5, 5.41) is 4.70. The second kappa shape index (κ2) is 6.71. The number of hydrogen-bond acceptors (Lipinski definition) is 1. The van der Waals surface area contributed by atoms with Crippen molar-refractivity contribution in [1.29, 1.82) is 0 Å². The summed E-state index contributed by atoms with van der Waals surface area (Å²) < 4.78 is 0. The van der Waals surface area contributed by atoms with Gasteiger partial charge in [0, 0.05) is 5.41 Å². The summed E-state index contributed by atoms with van der Waals surface area (Å²) in [5.74, 6) is 0.120. The minimum Gasteiger partial charge on any atom is -0.349 e. The Morgan fingerprint density at radius 2 is 1.73 bits per heavy atom. The zero-order valence-electron chi connectivity index (χ0n) is 14.8. The van der Waals surface area contributed by atoms with E-state index in [1.165, 1.54) is 23.7 Å². The Bertz CT molecular complexity index is 524. The van der Waals surface area contributed by atoms with E-state index in [1.807, 2.05) is 20.8 Å². The summed E-state index contributed by atoms with van der Waals surface area (Å²) in [5.41, 5.74) is 2.54. The smallest absolute Gasteiger partial charge is 0.225 e. The van der Waals surface area contributed by atoms with Gasteiger partial charge in [-0.2, -0.15) is 0 Å². The van der Waals surface area contributed by atoms with Crippen LogP contribution in [0.5, 0.6) is 0 Å². The van der Waals surface area contributed by atoms with Crippen LogP contribution in [0.2, 0.25) is 0 Å². The molecule has 2 rings (SSSR count). The van der Waals surface area contributed by atoms with Crippen molar-refractivity contribution in [1.82, 2.24) is 5.32 Å². The van der Waals surface area contributed by atoms with Crippen LogP contribution in [0.15, 0.2) is 24.3 Å². The van der Waals surface area contributed by atoms with Gasteiger partial charge in [0.25, 0.3) is 0 Å². The molecule has 1 aliphatic heterocycles. The van der Waals surface area contributed by atoms with E-state index in [-0.39, 0.29) is 25.3 Å². The summed E-state index contributed by atoms with van der Waals surface area (Å²) in [7, 11) is -0.120. The zero-order valence-corrected chi connectivity index (χ0v) is 15.7. The second-order valence-corrected chi connectivity index (χ2v) is 10.7. The number of rotatable bonds is 3. The lowest BCUT2D eigenvalue weighted by Crippen LogP contribution is -2.37. The first-order valence-electron chi connectivity index (χ1n) is 8.40. The molecular weight excluding hydrogens is 289 g/mol. The van der Waals surface area contributed by atoms with Crippen molar-refractivity contribution in [3.63, 3.8) is 0 Å². The maximum atomic E-state index is 12.3. The molecule has 0 bridgehead atoms. The van der Waals surface area contributed by atoms with E-state index in [9.17, 15) is 4.79 Å². The van der Waals surface area contributed by atoms with Gasteiger partial charge in [-0.3, -0.25) is 4.79 Å². The predicted molar refractivity (Wildman–Crippen MR) is 97.2 cm³/mol. The van der Waals surface area contributed by atoms with Gasteiger partial charge in [-0.05, 0) is 42.0 Å². The van der Waals surface area contributed by atoms with E-state index < -0.39 is 0 Å². The topological polar surface area (TPSA) is 29.1 Å². The molecule has 0 radical (unpaired) electrons. The molecule has 0 aliphatic carbocycles. The molecule has 0 unspecified atom stereocenters. The Morgan fingerprint density at radius 1 is 1.18 bits per heavy atom. The Morgan fingerprint density at radius 3 is 2.27 bits per heavy atom. The standard InChI is InChI=1S/C19H30NOP/c1-13-11-12-14(2)22(13)17-10-8-7-9-16(17)15(3)20-18(21)19(4,5)6/h7-10,13-15H,11-12H2,1-6H3,(H,20,21)/t13-,14-,15-/m1/s1. The lowest BCUT2D eigenvalue weighted by atomic mass is 9.94. The molecule has 0 aromatic heterocycles. The molecule has 1 N–H and O–H groups in total. The number of carbonyl (C=O) groups excluding carboxylic acids is 1. The van der Waals surface area contributed by atoms with Gasteiger partial charge in [0.1, 0.15) is 0 Å². The first-order chi connectivity index (χ1) is 10.2. The van der Waals surface area contributed by atoms with Crippen LogP contribution >= 0.6 is 7.92 Å². The first kappa shape index (κ1) is 17.5. The van der Waals surface area contributed by atoms with Gasteiger partial charge in [-0.1, -0.05) is 66.8 Å². The highest BCUT2D eigenvalue weighted by molar-refractivity contribution is 7.67. The highest BCUT2D eigenvalue weighted by atomic mass is 31.1. The van der Waals surface area contributed by atoms with Crippen LogP contribution in [0.1, 0.15) is 66.0 Å². The third-order valence-corrected chi connectivity index (χ3v) is 8.04. The Labute approximate surface area is 136 Å². The van der Waals surface area contributed by atoms with Crippen LogP contribution in [-0.2, 0) is 4.79 Å². The quantitative estimate of drug-likeness (QED) is 0.811. The average molecular weight is 319 g/mol. The highest BCUT2D eigenvalue weighted by Gasteiger charge is 2.33. The maximum absolute atomic E-state index is 12.3. The van der Waals surface area contributed by atoms with Crippen LogP contribution in [0.3, 0.4) is 0 Å². The monoisotopic (exact) mass is 319 g/mol. The molecule has 1 aromatic carbocycles. The normalized spacial score (nSPS) is 24.3. The third-order valence-electron chi connectivity index (χ3n) is 4.66. The van der Waals surface area contributed by atoms with Crippen molar-refractivity contribution in [2.75, 3.05) is 0 Å². The van der Waals surface area contributed by atoms with E-state index in [4.69, 9.17) is 0 Å². The Balaban J connectivity index is 2.27. The van der Waals surface area contributed by atoms with Gasteiger partial charge in [-0.25, -0.2) is 0 Å². The van der Waals surface area contributed by atoms with Crippen molar-refractivity contribution < 1.29 is 4.79 Å². The van der Waals surface area contributed by atoms with Crippen molar-refractivity contribution in [3.05, 3.63) is 29.8 Å². The SMILES string of the molecule is C[C@@H]1CC[C@@H](C)P1c1ccccc1[C@@H](C)NC(=O)C(C)(C)C. The fourth-order valence-electron chi connectivity index (χ4n) is 3.25. The van der Waals surface area contributed by atoms with Gasteiger partial charge >= 0.3 is 0 Å². The maximum Gasteiger partial charge on any atom is 0.225 e. The molecule has 3 atom stereocenters. The van der Waals surface area contributed by atoms with Gasteiger partial charge < -0.3 is 5.32 Å². The number of hydrogen-bond donors (Lipinski definition) is 1.